The Morgan fingerprint density at radius 1 is 1.35 bits per heavy atom. The quantitative estimate of drug-likeness (QED) is 0.735. The minimum absolute atomic E-state index is 0.0396. The molecule has 0 bridgehead atoms. The Labute approximate surface area is 118 Å². The van der Waals surface area contributed by atoms with Gasteiger partial charge in [0.2, 0.25) is 5.91 Å². The molecule has 1 fully saturated rings. The third-order valence-corrected chi connectivity index (χ3v) is 3.54. The van der Waals surface area contributed by atoms with Crippen LogP contribution in [0.1, 0.15) is 37.3 Å². The van der Waals surface area contributed by atoms with Gasteiger partial charge in [-0.2, -0.15) is 0 Å². The number of carbonyl (C=O) groups excluding carboxylic acids is 1. The number of carboxylic acid groups (broad SMARTS) is 1. The Morgan fingerprint density at radius 3 is 2.70 bits per heavy atom. The van der Waals surface area contributed by atoms with Crippen molar-refractivity contribution in [1.82, 2.24) is 10.6 Å². The van der Waals surface area contributed by atoms with E-state index < -0.39 is 5.97 Å². The molecule has 20 heavy (non-hydrogen) atoms. The molecule has 2 rings (SSSR count). The summed E-state index contributed by atoms with van der Waals surface area (Å²) in [5.41, 5.74) is 0.945. The van der Waals surface area contributed by atoms with E-state index in [2.05, 4.69) is 10.6 Å². The summed E-state index contributed by atoms with van der Waals surface area (Å²) in [6.07, 6.45) is 2.28. The molecule has 3 N–H and O–H groups in total. The van der Waals surface area contributed by atoms with Crippen LogP contribution in [0.15, 0.2) is 30.3 Å². The molecule has 2 atom stereocenters. The maximum atomic E-state index is 12.2. The first-order valence-electron chi connectivity index (χ1n) is 6.97. The Kier molecular flexibility index (Phi) is 5.12. The highest BCUT2D eigenvalue weighted by Gasteiger charge is 2.24. The van der Waals surface area contributed by atoms with Gasteiger partial charge < -0.3 is 15.7 Å². The van der Waals surface area contributed by atoms with Crippen LogP contribution in [0.25, 0.3) is 0 Å². The number of carboxylic acids is 1. The van der Waals surface area contributed by atoms with Crippen molar-refractivity contribution in [2.75, 3.05) is 6.54 Å². The molecule has 1 aromatic rings. The molecule has 5 nitrogen and oxygen atoms in total. The number of carbonyl (C=O) groups is 2. The molecule has 0 aliphatic carbocycles. The van der Waals surface area contributed by atoms with Crippen molar-refractivity contribution in [3.63, 3.8) is 0 Å². The highest BCUT2D eigenvalue weighted by atomic mass is 16.4. The third-order valence-electron chi connectivity index (χ3n) is 3.54. The van der Waals surface area contributed by atoms with Gasteiger partial charge in [-0.05, 0) is 31.4 Å². The lowest BCUT2D eigenvalue weighted by Gasteiger charge is -2.21. The molecule has 0 saturated carbocycles. The summed E-state index contributed by atoms with van der Waals surface area (Å²) in [7, 11) is 0. The fraction of sp³-hybridized carbons (Fsp3) is 0.467. The molecule has 1 aromatic carbocycles. The van der Waals surface area contributed by atoms with Gasteiger partial charge in [0.25, 0.3) is 0 Å². The average molecular weight is 276 g/mol. The van der Waals surface area contributed by atoms with Gasteiger partial charge in [0.05, 0.1) is 12.1 Å². The second-order valence-corrected chi connectivity index (χ2v) is 5.05. The number of benzene rings is 1. The Bertz CT molecular complexity index is 455. The molecule has 1 aliphatic rings. The zero-order valence-electron chi connectivity index (χ0n) is 11.3. The number of aliphatic carboxylic acids is 1. The van der Waals surface area contributed by atoms with Crippen LogP contribution in [0.5, 0.6) is 0 Å². The Morgan fingerprint density at radius 2 is 2.10 bits per heavy atom. The Balaban J connectivity index is 2.01. The molecule has 0 aromatic heterocycles. The topological polar surface area (TPSA) is 78.4 Å². The van der Waals surface area contributed by atoms with Crippen molar-refractivity contribution in [3.05, 3.63) is 35.9 Å². The molecule has 0 spiro atoms. The van der Waals surface area contributed by atoms with Gasteiger partial charge in [0.15, 0.2) is 0 Å². The standard InChI is InChI=1S/C15H20N2O3/c18-14(19)9-8-12(11-5-2-1-3-6-11)17-15(20)13-7-4-10-16-13/h1-3,5-6,12-13,16H,4,7-10H2,(H,17,20)(H,18,19)/t12?,13-/m1/s1. The van der Waals surface area contributed by atoms with Gasteiger partial charge in [0.1, 0.15) is 0 Å². The highest BCUT2D eigenvalue weighted by molar-refractivity contribution is 5.82. The lowest BCUT2D eigenvalue weighted by atomic mass is 10.0. The third kappa shape index (κ3) is 4.06. The normalized spacial score (nSPS) is 19.5. The maximum Gasteiger partial charge on any atom is 0.303 e. The summed E-state index contributed by atoms with van der Waals surface area (Å²) in [4.78, 5) is 22.9. The van der Waals surface area contributed by atoms with Crippen LogP contribution in [0.4, 0.5) is 0 Å². The minimum Gasteiger partial charge on any atom is -0.481 e. The fourth-order valence-electron chi connectivity index (χ4n) is 2.46. The monoisotopic (exact) mass is 276 g/mol. The van der Waals surface area contributed by atoms with Crippen LogP contribution in [0.3, 0.4) is 0 Å². The van der Waals surface area contributed by atoms with Crippen molar-refractivity contribution < 1.29 is 14.7 Å². The first-order chi connectivity index (χ1) is 9.66. The van der Waals surface area contributed by atoms with Crippen LogP contribution in [0, 0.1) is 0 Å². The Hall–Kier alpha value is -1.88. The summed E-state index contributed by atoms with van der Waals surface area (Å²) >= 11 is 0. The maximum absolute atomic E-state index is 12.2. The minimum atomic E-state index is -0.848. The van der Waals surface area contributed by atoms with Crippen molar-refractivity contribution in [1.29, 1.82) is 0 Å². The number of amides is 1. The van der Waals surface area contributed by atoms with Crippen LogP contribution < -0.4 is 10.6 Å². The van der Waals surface area contributed by atoms with Gasteiger partial charge in [-0.15, -0.1) is 0 Å². The number of nitrogens with one attached hydrogen (secondary N) is 2. The van der Waals surface area contributed by atoms with Crippen molar-refractivity contribution in [3.8, 4) is 0 Å². The largest absolute Gasteiger partial charge is 0.481 e. The molecule has 1 unspecified atom stereocenters. The summed E-state index contributed by atoms with van der Waals surface area (Å²) < 4.78 is 0. The van der Waals surface area contributed by atoms with E-state index in [4.69, 9.17) is 5.11 Å². The molecule has 0 radical (unpaired) electrons. The number of hydrogen-bond donors (Lipinski definition) is 3. The molecule has 1 heterocycles. The average Bonchev–Trinajstić information content (AvgIpc) is 2.98. The van der Waals surface area contributed by atoms with E-state index in [1.807, 2.05) is 30.3 Å². The summed E-state index contributed by atoms with van der Waals surface area (Å²) in [6.45, 7) is 0.864. The van der Waals surface area contributed by atoms with Crippen molar-refractivity contribution in [2.45, 2.75) is 37.8 Å². The van der Waals surface area contributed by atoms with Gasteiger partial charge in [-0.25, -0.2) is 0 Å². The first-order valence-corrected chi connectivity index (χ1v) is 6.97. The molecule has 1 amide bonds. The summed E-state index contributed by atoms with van der Waals surface area (Å²) in [6, 6.07) is 9.11. The molecular formula is C15H20N2O3. The van der Waals surface area contributed by atoms with E-state index in [9.17, 15) is 9.59 Å². The summed E-state index contributed by atoms with van der Waals surface area (Å²) in [5, 5.41) is 14.9. The van der Waals surface area contributed by atoms with E-state index in [0.29, 0.717) is 6.42 Å². The van der Waals surface area contributed by atoms with Crippen molar-refractivity contribution >= 4 is 11.9 Å². The lowest BCUT2D eigenvalue weighted by Crippen LogP contribution is -2.42. The zero-order chi connectivity index (χ0) is 14.4. The molecule has 1 aliphatic heterocycles. The first kappa shape index (κ1) is 14.5. The predicted molar refractivity (Wildman–Crippen MR) is 75.2 cm³/mol. The second kappa shape index (κ2) is 7.05. The number of hydrogen-bond acceptors (Lipinski definition) is 3. The van der Waals surface area contributed by atoms with Crippen LogP contribution in [-0.2, 0) is 9.59 Å². The fourth-order valence-corrected chi connectivity index (χ4v) is 2.46. The van der Waals surface area contributed by atoms with Crippen LogP contribution in [-0.4, -0.2) is 29.6 Å². The van der Waals surface area contributed by atoms with Gasteiger partial charge in [-0.1, -0.05) is 30.3 Å². The van der Waals surface area contributed by atoms with Gasteiger partial charge >= 0.3 is 5.97 Å². The van der Waals surface area contributed by atoms with E-state index in [1.165, 1.54) is 0 Å². The van der Waals surface area contributed by atoms with E-state index in [1.54, 1.807) is 0 Å². The van der Waals surface area contributed by atoms with Gasteiger partial charge in [0, 0.05) is 6.42 Å². The predicted octanol–water partition coefficient (Wildman–Crippen LogP) is 1.46. The number of rotatable bonds is 6. The van der Waals surface area contributed by atoms with Crippen molar-refractivity contribution in [2.24, 2.45) is 0 Å². The lowest BCUT2D eigenvalue weighted by molar-refractivity contribution is -0.137. The van der Waals surface area contributed by atoms with Crippen LogP contribution >= 0.6 is 0 Å². The highest BCUT2D eigenvalue weighted by Crippen LogP contribution is 2.19. The molecule has 108 valence electrons. The smallest absolute Gasteiger partial charge is 0.303 e. The van der Waals surface area contributed by atoms with Crippen LogP contribution in [0.2, 0.25) is 0 Å². The summed E-state index contributed by atoms with van der Waals surface area (Å²) in [5.74, 6) is -0.888. The second-order valence-electron chi connectivity index (χ2n) is 5.05. The SMILES string of the molecule is O=C(O)CCC(NC(=O)[C@H]1CCCN1)c1ccccc1. The van der Waals surface area contributed by atoms with E-state index in [-0.39, 0.29) is 24.4 Å². The molecular weight excluding hydrogens is 256 g/mol. The molecule has 5 heteroatoms. The van der Waals surface area contributed by atoms with Gasteiger partial charge in [-0.3, -0.25) is 9.59 Å². The molecule has 1 saturated heterocycles. The van der Waals surface area contributed by atoms with E-state index in [0.717, 1.165) is 24.9 Å². The zero-order valence-corrected chi connectivity index (χ0v) is 11.3. The van der Waals surface area contributed by atoms with E-state index >= 15 is 0 Å².